The minimum atomic E-state index is -0.837. The summed E-state index contributed by atoms with van der Waals surface area (Å²) in [5.41, 5.74) is -1.13. The minimum Gasteiger partial charge on any atom is -0.491 e. The van der Waals surface area contributed by atoms with Crippen molar-refractivity contribution in [1.29, 1.82) is 0 Å². The molecule has 1 aromatic rings. The fourth-order valence-electron chi connectivity index (χ4n) is 2.66. The molecule has 1 aliphatic rings. The Hall–Kier alpha value is -2.39. The highest BCUT2D eigenvalue weighted by Gasteiger charge is 2.35. The maximum atomic E-state index is 12.5. The van der Waals surface area contributed by atoms with Crippen LogP contribution in [0.4, 0.5) is 0 Å². The molecule has 2 atom stereocenters. The number of rotatable bonds is 5. The van der Waals surface area contributed by atoms with Crippen LogP contribution in [-0.2, 0) is 18.9 Å². The van der Waals surface area contributed by atoms with Gasteiger partial charge in [-0.1, -0.05) is 0 Å². The summed E-state index contributed by atoms with van der Waals surface area (Å²) in [7, 11) is 5.03. The van der Waals surface area contributed by atoms with Gasteiger partial charge < -0.3 is 28.3 Å². The van der Waals surface area contributed by atoms with Crippen LogP contribution < -0.4 is 10.2 Å². The highest BCUT2D eigenvalue weighted by Crippen LogP contribution is 2.30. The molecular weight excluding hydrogens is 322 g/mol. The molecule has 0 saturated carbocycles. The Morgan fingerprint density at radius 3 is 2.38 bits per heavy atom. The van der Waals surface area contributed by atoms with Crippen LogP contribution in [0, 0.1) is 0 Å². The van der Waals surface area contributed by atoms with Crippen molar-refractivity contribution in [3.8, 4) is 5.75 Å². The zero-order valence-electron chi connectivity index (χ0n) is 13.9. The van der Waals surface area contributed by atoms with Crippen LogP contribution in [0.5, 0.6) is 5.75 Å². The molecule has 1 saturated heterocycles. The molecule has 0 aliphatic carbocycles. The Morgan fingerprint density at radius 1 is 1.17 bits per heavy atom. The lowest BCUT2D eigenvalue weighted by atomic mass is 10.1. The number of hydrogen-bond donors (Lipinski definition) is 0. The SMILES string of the molecule is COC(=O)c1cn([C@@H]2CCOC2OC)c(C(=O)OC)c(OC)c1=O. The van der Waals surface area contributed by atoms with Crippen LogP contribution in [0.25, 0.3) is 0 Å². The number of hydrogen-bond acceptors (Lipinski definition) is 8. The third-order valence-electron chi connectivity index (χ3n) is 3.78. The third-order valence-corrected chi connectivity index (χ3v) is 3.78. The quantitative estimate of drug-likeness (QED) is 0.708. The van der Waals surface area contributed by atoms with E-state index in [4.69, 9.17) is 18.9 Å². The van der Waals surface area contributed by atoms with Crippen LogP contribution in [0.15, 0.2) is 11.0 Å². The fourth-order valence-corrected chi connectivity index (χ4v) is 2.66. The topological polar surface area (TPSA) is 102 Å². The van der Waals surface area contributed by atoms with E-state index in [2.05, 4.69) is 4.74 Å². The average Bonchev–Trinajstić information content (AvgIpc) is 3.08. The molecule has 0 N–H and O–H groups in total. The number of carbonyl (C=O) groups excluding carboxylic acids is 2. The molecule has 1 fully saturated rings. The first-order valence-electron chi connectivity index (χ1n) is 7.14. The maximum Gasteiger partial charge on any atom is 0.358 e. The van der Waals surface area contributed by atoms with Crippen molar-refractivity contribution in [3.63, 3.8) is 0 Å². The molecule has 9 heteroatoms. The van der Waals surface area contributed by atoms with Crippen molar-refractivity contribution in [2.75, 3.05) is 35.0 Å². The highest BCUT2D eigenvalue weighted by molar-refractivity contribution is 5.94. The lowest BCUT2D eigenvalue weighted by Gasteiger charge is -2.24. The molecule has 9 nitrogen and oxygen atoms in total. The summed E-state index contributed by atoms with van der Waals surface area (Å²) in [6, 6.07) is -0.443. The first-order chi connectivity index (χ1) is 11.5. The van der Waals surface area contributed by atoms with Crippen LogP contribution in [0.1, 0.15) is 33.3 Å². The summed E-state index contributed by atoms with van der Waals surface area (Å²) in [5, 5.41) is 0. The van der Waals surface area contributed by atoms with E-state index in [1.807, 2.05) is 0 Å². The molecule has 0 spiro atoms. The maximum absolute atomic E-state index is 12.5. The van der Waals surface area contributed by atoms with Gasteiger partial charge in [0.2, 0.25) is 5.43 Å². The monoisotopic (exact) mass is 341 g/mol. The summed E-state index contributed by atoms with van der Waals surface area (Å²) in [6.07, 6.45) is 1.11. The van der Waals surface area contributed by atoms with E-state index < -0.39 is 29.7 Å². The fraction of sp³-hybridized carbons (Fsp3) is 0.533. The number of aromatic nitrogens is 1. The van der Waals surface area contributed by atoms with E-state index >= 15 is 0 Å². The molecule has 0 radical (unpaired) electrons. The van der Waals surface area contributed by atoms with Gasteiger partial charge in [-0.3, -0.25) is 4.79 Å². The zero-order valence-corrected chi connectivity index (χ0v) is 13.9. The lowest BCUT2D eigenvalue weighted by molar-refractivity contribution is -0.106. The predicted octanol–water partition coefficient (Wildman–Crippen LogP) is 0.364. The number of carbonyl (C=O) groups is 2. The Morgan fingerprint density at radius 2 is 1.83 bits per heavy atom. The molecular formula is C15H19NO8. The minimum absolute atomic E-state index is 0.116. The van der Waals surface area contributed by atoms with Gasteiger partial charge >= 0.3 is 11.9 Å². The largest absolute Gasteiger partial charge is 0.491 e. The van der Waals surface area contributed by atoms with E-state index in [-0.39, 0.29) is 17.0 Å². The van der Waals surface area contributed by atoms with Crippen molar-refractivity contribution >= 4 is 11.9 Å². The Bertz CT molecular complexity index is 695. The van der Waals surface area contributed by atoms with E-state index in [0.29, 0.717) is 13.0 Å². The first-order valence-corrected chi connectivity index (χ1v) is 7.14. The van der Waals surface area contributed by atoms with Crippen molar-refractivity contribution < 1.29 is 33.3 Å². The summed E-state index contributed by atoms with van der Waals surface area (Å²) < 4.78 is 26.6. The Kier molecular flexibility index (Phi) is 5.58. The summed E-state index contributed by atoms with van der Waals surface area (Å²) in [5.74, 6) is -1.91. The van der Waals surface area contributed by atoms with Crippen molar-refractivity contribution in [1.82, 2.24) is 4.57 Å². The van der Waals surface area contributed by atoms with Crippen molar-refractivity contribution in [3.05, 3.63) is 27.7 Å². The smallest absolute Gasteiger partial charge is 0.358 e. The first kappa shape index (κ1) is 18.0. The van der Waals surface area contributed by atoms with Gasteiger partial charge in [0.1, 0.15) is 5.56 Å². The summed E-state index contributed by atoms with van der Waals surface area (Å²) in [4.78, 5) is 36.6. The molecule has 132 valence electrons. The van der Waals surface area contributed by atoms with Crippen LogP contribution in [0.3, 0.4) is 0 Å². The van der Waals surface area contributed by atoms with Gasteiger partial charge in [0, 0.05) is 13.3 Å². The standard InChI is InChI=1S/C15H19NO8/c1-20-12-10(14(19)22-3)16(9-5-6-24-15(9)23-4)7-8(11(12)17)13(18)21-2/h7,9,15H,5-6H2,1-4H3/t9-,15?/m1/s1. The van der Waals surface area contributed by atoms with Crippen LogP contribution in [-0.4, -0.2) is 57.8 Å². The molecule has 1 aliphatic heterocycles. The van der Waals surface area contributed by atoms with E-state index in [0.717, 1.165) is 7.11 Å². The third kappa shape index (κ3) is 3.00. The number of pyridine rings is 1. The van der Waals surface area contributed by atoms with Gasteiger partial charge in [-0.25, -0.2) is 9.59 Å². The summed E-state index contributed by atoms with van der Waals surface area (Å²) in [6.45, 7) is 0.395. The van der Waals surface area contributed by atoms with Gasteiger partial charge in [0.05, 0.1) is 34.0 Å². The molecule has 1 aromatic heterocycles. The lowest BCUT2D eigenvalue weighted by Crippen LogP contribution is -2.31. The van der Waals surface area contributed by atoms with Gasteiger partial charge in [-0.05, 0) is 6.42 Å². The van der Waals surface area contributed by atoms with E-state index in [1.54, 1.807) is 0 Å². The van der Waals surface area contributed by atoms with E-state index in [1.165, 1.54) is 32.1 Å². The van der Waals surface area contributed by atoms with Gasteiger partial charge in [0.25, 0.3) is 0 Å². The molecule has 2 rings (SSSR count). The zero-order chi connectivity index (χ0) is 17.9. The second-order valence-corrected chi connectivity index (χ2v) is 4.98. The molecule has 0 aromatic carbocycles. The number of esters is 2. The molecule has 1 unspecified atom stereocenters. The molecule has 0 bridgehead atoms. The number of nitrogens with zero attached hydrogens (tertiary/aromatic N) is 1. The summed E-state index contributed by atoms with van der Waals surface area (Å²) >= 11 is 0. The second kappa shape index (κ2) is 7.45. The predicted molar refractivity (Wildman–Crippen MR) is 80.3 cm³/mol. The van der Waals surface area contributed by atoms with Gasteiger partial charge in [-0.2, -0.15) is 0 Å². The Labute approximate surface area is 138 Å². The van der Waals surface area contributed by atoms with Crippen LogP contribution >= 0.6 is 0 Å². The van der Waals surface area contributed by atoms with E-state index in [9.17, 15) is 14.4 Å². The number of ether oxygens (including phenoxy) is 5. The Balaban J connectivity index is 2.76. The van der Waals surface area contributed by atoms with Crippen molar-refractivity contribution in [2.24, 2.45) is 0 Å². The highest BCUT2D eigenvalue weighted by atomic mass is 16.7. The molecule has 24 heavy (non-hydrogen) atoms. The molecule has 2 heterocycles. The average molecular weight is 341 g/mol. The normalized spacial score (nSPS) is 19.8. The number of methoxy groups -OCH3 is 4. The van der Waals surface area contributed by atoms with Gasteiger partial charge in [0.15, 0.2) is 17.7 Å². The molecule has 0 amide bonds. The van der Waals surface area contributed by atoms with Gasteiger partial charge in [-0.15, -0.1) is 0 Å². The van der Waals surface area contributed by atoms with Crippen molar-refractivity contribution in [2.45, 2.75) is 18.8 Å². The second-order valence-electron chi connectivity index (χ2n) is 4.98. The van der Waals surface area contributed by atoms with Crippen LogP contribution in [0.2, 0.25) is 0 Å².